The van der Waals surface area contributed by atoms with E-state index in [1.54, 1.807) is 0 Å². The quantitative estimate of drug-likeness (QED) is 0.757. The maximum atomic E-state index is 10.0. The number of para-hydroxylation sites is 1. The summed E-state index contributed by atoms with van der Waals surface area (Å²) in [5.41, 5.74) is 2.60. The summed E-state index contributed by atoms with van der Waals surface area (Å²) in [6.07, 6.45) is 0. The van der Waals surface area contributed by atoms with Gasteiger partial charge in [-0.15, -0.1) is 0 Å². The molecule has 0 saturated carbocycles. The summed E-state index contributed by atoms with van der Waals surface area (Å²) in [6.45, 7) is 5.73. The maximum Gasteiger partial charge on any atom is 0.0989 e. The van der Waals surface area contributed by atoms with E-state index in [1.807, 2.05) is 27.0 Å². The second kappa shape index (κ2) is 3.11. The first-order valence-corrected chi connectivity index (χ1v) is 5.19. The van der Waals surface area contributed by atoms with Gasteiger partial charge in [0.15, 0.2) is 0 Å². The number of hydrogen-bond acceptors (Lipinski definition) is 1. The molecule has 1 aromatic heterocycles. The molecule has 2 aromatic rings. The molecule has 2 nitrogen and oxygen atoms in total. The van der Waals surface area contributed by atoms with Crippen molar-refractivity contribution in [3.05, 3.63) is 35.5 Å². The first-order chi connectivity index (χ1) is 6.91. The van der Waals surface area contributed by atoms with Gasteiger partial charge in [-0.1, -0.05) is 18.2 Å². The molecule has 80 valence electrons. The minimum absolute atomic E-state index is 0.791. The van der Waals surface area contributed by atoms with Crippen LogP contribution in [-0.4, -0.2) is 9.67 Å². The zero-order valence-electron chi connectivity index (χ0n) is 9.70. The van der Waals surface area contributed by atoms with Crippen molar-refractivity contribution in [1.82, 2.24) is 4.57 Å². The molecule has 0 atom stereocenters. The second-order valence-electron chi connectivity index (χ2n) is 4.66. The molecule has 0 radical (unpaired) electrons. The monoisotopic (exact) mass is 203 g/mol. The van der Waals surface area contributed by atoms with E-state index < -0.39 is 5.60 Å². The number of aromatic nitrogens is 1. The molecular weight excluding hydrogens is 186 g/mol. The van der Waals surface area contributed by atoms with Gasteiger partial charge in [0, 0.05) is 18.1 Å². The van der Waals surface area contributed by atoms with Crippen molar-refractivity contribution in [1.29, 1.82) is 0 Å². The van der Waals surface area contributed by atoms with Crippen molar-refractivity contribution in [3.8, 4) is 0 Å². The molecular formula is C13H17NO. The highest BCUT2D eigenvalue weighted by atomic mass is 16.3. The lowest BCUT2D eigenvalue weighted by molar-refractivity contribution is 0.0712. The van der Waals surface area contributed by atoms with Gasteiger partial charge in [0.05, 0.1) is 11.1 Å². The summed E-state index contributed by atoms with van der Waals surface area (Å²) in [7, 11) is 2.00. The van der Waals surface area contributed by atoms with E-state index in [4.69, 9.17) is 0 Å². The minimum atomic E-state index is -0.791. The van der Waals surface area contributed by atoms with Crippen LogP contribution in [0, 0.1) is 6.92 Å². The lowest BCUT2D eigenvalue weighted by Gasteiger charge is -2.18. The van der Waals surface area contributed by atoms with Gasteiger partial charge in [-0.3, -0.25) is 0 Å². The van der Waals surface area contributed by atoms with Crippen LogP contribution in [0.3, 0.4) is 0 Å². The van der Waals surface area contributed by atoms with Gasteiger partial charge in [0.25, 0.3) is 0 Å². The third kappa shape index (κ3) is 1.55. The highest BCUT2D eigenvalue weighted by molar-refractivity contribution is 5.84. The van der Waals surface area contributed by atoms with Gasteiger partial charge in [-0.25, -0.2) is 0 Å². The van der Waals surface area contributed by atoms with E-state index in [-0.39, 0.29) is 0 Å². The van der Waals surface area contributed by atoms with Crippen molar-refractivity contribution < 1.29 is 5.11 Å². The molecule has 1 N–H and O–H groups in total. The lowest BCUT2D eigenvalue weighted by atomic mass is 10.1. The van der Waals surface area contributed by atoms with Gasteiger partial charge in [-0.2, -0.15) is 0 Å². The van der Waals surface area contributed by atoms with Crippen molar-refractivity contribution >= 4 is 10.9 Å². The molecule has 0 aliphatic rings. The topological polar surface area (TPSA) is 25.2 Å². The smallest absolute Gasteiger partial charge is 0.0989 e. The first kappa shape index (κ1) is 10.2. The SMILES string of the molecule is Cc1cccc2cc(C(C)(C)O)n(C)c12. The predicted octanol–water partition coefficient (Wildman–Crippen LogP) is 2.71. The second-order valence-corrected chi connectivity index (χ2v) is 4.66. The summed E-state index contributed by atoms with van der Waals surface area (Å²) in [6, 6.07) is 8.28. The van der Waals surface area contributed by atoms with Gasteiger partial charge < -0.3 is 9.67 Å². The van der Waals surface area contributed by atoms with Crippen LogP contribution in [0.4, 0.5) is 0 Å². The van der Waals surface area contributed by atoms with Gasteiger partial charge >= 0.3 is 0 Å². The average molecular weight is 203 g/mol. The number of aliphatic hydroxyl groups is 1. The third-order valence-electron chi connectivity index (χ3n) is 2.88. The molecule has 0 amide bonds. The van der Waals surface area contributed by atoms with Crippen LogP contribution in [0.15, 0.2) is 24.3 Å². The molecule has 2 heteroatoms. The molecule has 0 fully saturated rings. The lowest BCUT2D eigenvalue weighted by Crippen LogP contribution is -2.19. The molecule has 1 aromatic carbocycles. The van der Waals surface area contributed by atoms with Crippen LogP contribution in [0.2, 0.25) is 0 Å². The summed E-state index contributed by atoms with van der Waals surface area (Å²) >= 11 is 0. The average Bonchev–Trinajstić information content (AvgIpc) is 2.44. The Kier molecular flexibility index (Phi) is 2.12. The summed E-state index contributed by atoms with van der Waals surface area (Å²) in [5, 5.41) is 11.2. The molecule has 2 rings (SSSR count). The fourth-order valence-electron chi connectivity index (χ4n) is 2.21. The van der Waals surface area contributed by atoms with E-state index in [0.717, 1.165) is 5.69 Å². The largest absolute Gasteiger partial charge is 0.384 e. The maximum absolute atomic E-state index is 10.0. The summed E-state index contributed by atoms with van der Waals surface area (Å²) in [5.74, 6) is 0. The number of benzene rings is 1. The zero-order valence-corrected chi connectivity index (χ0v) is 9.70. The Bertz CT molecular complexity index is 503. The highest BCUT2D eigenvalue weighted by Crippen LogP contribution is 2.28. The van der Waals surface area contributed by atoms with Crippen molar-refractivity contribution in [2.45, 2.75) is 26.4 Å². The summed E-state index contributed by atoms with van der Waals surface area (Å²) in [4.78, 5) is 0. The van der Waals surface area contributed by atoms with E-state index in [1.165, 1.54) is 16.5 Å². The number of hydrogen-bond donors (Lipinski definition) is 1. The Hall–Kier alpha value is -1.28. The molecule has 0 bridgehead atoms. The van der Waals surface area contributed by atoms with Crippen molar-refractivity contribution in [3.63, 3.8) is 0 Å². The minimum Gasteiger partial charge on any atom is -0.384 e. The van der Waals surface area contributed by atoms with Gasteiger partial charge in [0.2, 0.25) is 0 Å². The summed E-state index contributed by atoms with van der Waals surface area (Å²) < 4.78 is 2.07. The Morgan fingerprint density at radius 3 is 2.47 bits per heavy atom. The fourth-order valence-corrected chi connectivity index (χ4v) is 2.21. The first-order valence-electron chi connectivity index (χ1n) is 5.19. The van der Waals surface area contributed by atoms with Crippen molar-refractivity contribution in [2.24, 2.45) is 7.05 Å². The van der Waals surface area contributed by atoms with E-state index in [0.29, 0.717) is 0 Å². The third-order valence-corrected chi connectivity index (χ3v) is 2.88. The van der Waals surface area contributed by atoms with Gasteiger partial charge in [0.1, 0.15) is 0 Å². The molecule has 1 heterocycles. The van der Waals surface area contributed by atoms with E-state index in [9.17, 15) is 5.11 Å². The highest BCUT2D eigenvalue weighted by Gasteiger charge is 2.21. The normalized spacial score (nSPS) is 12.3. The van der Waals surface area contributed by atoms with Crippen LogP contribution in [0.25, 0.3) is 10.9 Å². The van der Waals surface area contributed by atoms with Crippen LogP contribution in [0.5, 0.6) is 0 Å². The predicted molar refractivity (Wildman–Crippen MR) is 62.9 cm³/mol. The standard InChI is InChI=1S/C13H17NO/c1-9-6-5-7-10-8-11(13(2,3)15)14(4)12(9)10/h5-8,15H,1-4H3. The number of aryl methyl sites for hydroxylation is 2. The Morgan fingerprint density at radius 1 is 1.27 bits per heavy atom. The molecule has 15 heavy (non-hydrogen) atoms. The molecule has 0 saturated heterocycles. The fraction of sp³-hybridized carbons (Fsp3) is 0.385. The van der Waals surface area contributed by atoms with Crippen LogP contribution in [-0.2, 0) is 12.6 Å². The van der Waals surface area contributed by atoms with E-state index >= 15 is 0 Å². The molecule has 0 unspecified atom stereocenters. The van der Waals surface area contributed by atoms with Crippen molar-refractivity contribution in [2.75, 3.05) is 0 Å². The Labute approximate surface area is 90.2 Å². The Balaban J connectivity index is 2.82. The zero-order chi connectivity index (χ0) is 11.2. The molecule has 0 aliphatic carbocycles. The van der Waals surface area contributed by atoms with E-state index in [2.05, 4.69) is 29.7 Å². The number of fused-ring (bicyclic) bond motifs is 1. The molecule has 0 spiro atoms. The van der Waals surface area contributed by atoms with Crippen LogP contribution in [0.1, 0.15) is 25.1 Å². The molecule has 0 aliphatic heterocycles. The van der Waals surface area contributed by atoms with Crippen LogP contribution >= 0.6 is 0 Å². The van der Waals surface area contributed by atoms with Gasteiger partial charge in [-0.05, 0) is 32.4 Å². The number of nitrogens with zero attached hydrogens (tertiary/aromatic N) is 1. The van der Waals surface area contributed by atoms with Crippen LogP contribution < -0.4 is 0 Å². The Morgan fingerprint density at radius 2 is 1.93 bits per heavy atom. The number of rotatable bonds is 1.